The van der Waals surface area contributed by atoms with Gasteiger partial charge in [0.05, 0.1) is 17.8 Å². The molecule has 1 saturated carbocycles. The highest BCUT2D eigenvalue weighted by molar-refractivity contribution is 6.22. The summed E-state index contributed by atoms with van der Waals surface area (Å²) in [5, 5.41) is 10.6. The van der Waals surface area contributed by atoms with Gasteiger partial charge in [-0.05, 0) is 78.4 Å². The molecule has 7 nitrogen and oxygen atoms in total. The zero-order valence-corrected chi connectivity index (χ0v) is 24.2. The Morgan fingerprint density at radius 2 is 1.95 bits per heavy atom. The predicted octanol–water partition coefficient (Wildman–Crippen LogP) is 5.16. The number of Topliss-reactive ketones (excluding diaryl/α,β-unsaturated/α-hetero) is 1. The molecule has 2 aliphatic heterocycles. The number of carbonyl (C=O) groups excluding carboxylic acids is 3. The molecule has 0 aromatic rings. The zero-order valence-electron chi connectivity index (χ0n) is 24.2. The second-order valence-corrected chi connectivity index (χ2v) is 12.7. The summed E-state index contributed by atoms with van der Waals surface area (Å²) in [4.78, 5) is 39.5. The number of aliphatic hydroxyl groups is 1. The standard InChI is InChI=1S/C31H44O7/c1-9-17(3)27(37-25(33)10-2)18(4)19-15-21(32)20-16-22-30(7)13-11-23(29(5,6)35)36-24(30)12-14-31(22,8)38-28(20)26(19)34/h9,15,18,22-24,27,35H,10-14,16H2,1-8H3/b17-9+/t18-,22+,23+,24+,27+,30+,31+/m0/s1. The molecular formula is C31H44O7. The van der Waals surface area contributed by atoms with Gasteiger partial charge in [-0.1, -0.05) is 26.8 Å². The molecule has 4 rings (SSSR count). The van der Waals surface area contributed by atoms with Crippen LogP contribution in [0.1, 0.15) is 93.9 Å². The van der Waals surface area contributed by atoms with Crippen LogP contribution in [0.3, 0.4) is 0 Å². The van der Waals surface area contributed by atoms with E-state index in [2.05, 4.69) is 13.8 Å². The van der Waals surface area contributed by atoms with Crippen molar-refractivity contribution in [1.29, 1.82) is 0 Å². The number of fused-ring (bicyclic) bond motifs is 3. The van der Waals surface area contributed by atoms with Gasteiger partial charge in [0, 0.05) is 34.8 Å². The first-order valence-corrected chi connectivity index (χ1v) is 14.1. The molecule has 1 N–H and O–H groups in total. The average Bonchev–Trinajstić information content (AvgIpc) is 2.86. The summed E-state index contributed by atoms with van der Waals surface area (Å²) in [6.07, 6.45) is 6.09. The fourth-order valence-electron chi connectivity index (χ4n) is 7.09. The third-order valence-electron chi connectivity index (χ3n) is 9.70. The van der Waals surface area contributed by atoms with E-state index in [-0.39, 0.29) is 53.3 Å². The molecule has 2 fully saturated rings. The van der Waals surface area contributed by atoms with Crippen LogP contribution in [0.25, 0.3) is 0 Å². The van der Waals surface area contributed by atoms with E-state index < -0.39 is 23.2 Å². The summed E-state index contributed by atoms with van der Waals surface area (Å²) in [5.41, 5.74) is -0.186. The minimum atomic E-state index is -0.918. The van der Waals surface area contributed by atoms with Crippen LogP contribution < -0.4 is 0 Å². The first-order chi connectivity index (χ1) is 17.7. The van der Waals surface area contributed by atoms with Gasteiger partial charge in [-0.15, -0.1) is 0 Å². The van der Waals surface area contributed by atoms with Gasteiger partial charge in [0.2, 0.25) is 5.78 Å². The Kier molecular flexibility index (Phi) is 7.61. The molecule has 1 saturated heterocycles. The Hall–Kier alpha value is -2.25. The Balaban J connectivity index is 1.62. The molecule has 7 heteroatoms. The molecular weight excluding hydrogens is 484 g/mol. The van der Waals surface area contributed by atoms with Gasteiger partial charge in [0.15, 0.2) is 11.5 Å². The summed E-state index contributed by atoms with van der Waals surface area (Å²) in [6, 6.07) is 0. The van der Waals surface area contributed by atoms with Gasteiger partial charge in [-0.25, -0.2) is 0 Å². The lowest BCUT2D eigenvalue weighted by Crippen LogP contribution is -2.62. The molecule has 2 heterocycles. The van der Waals surface area contributed by atoms with Crippen LogP contribution in [0, 0.1) is 17.3 Å². The van der Waals surface area contributed by atoms with Crippen molar-refractivity contribution in [2.75, 3.05) is 0 Å². The molecule has 0 aromatic carbocycles. The lowest BCUT2D eigenvalue weighted by Gasteiger charge is -2.60. The summed E-state index contributed by atoms with van der Waals surface area (Å²) in [7, 11) is 0. The van der Waals surface area contributed by atoms with Crippen molar-refractivity contribution in [3.63, 3.8) is 0 Å². The number of carbonyl (C=O) groups is 3. The topological polar surface area (TPSA) is 99.1 Å². The Morgan fingerprint density at radius 3 is 2.55 bits per heavy atom. The number of esters is 1. The van der Waals surface area contributed by atoms with Crippen LogP contribution in [0.4, 0.5) is 0 Å². The van der Waals surface area contributed by atoms with Crippen LogP contribution in [0.15, 0.2) is 34.6 Å². The third kappa shape index (κ3) is 4.81. The molecule has 7 atom stereocenters. The number of hydrogen-bond acceptors (Lipinski definition) is 7. The van der Waals surface area contributed by atoms with Gasteiger partial charge < -0.3 is 19.3 Å². The van der Waals surface area contributed by atoms with E-state index in [1.165, 1.54) is 6.08 Å². The Bertz CT molecular complexity index is 1110. The highest BCUT2D eigenvalue weighted by Crippen LogP contribution is 2.59. The van der Waals surface area contributed by atoms with Crippen molar-refractivity contribution in [3.8, 4) is 0 Å². The monoisotopic (exact) mass is 528 g/mol. The average molecular weight is 529 g/mol. The minimum Gasteiger partial charge on any atom is -0.483 e. The fraction of sp³-hybridized carbons (Fsp3) is 0.710. The van der Waals surface area contributed by atoms with Crippen molar-refractivity contribution in [2.45, 2.75) is 123 Å². The maximum Gasteiger partial charge on any atom is 0.306 e. The normalized spacial score (nSPS) is 35.3. The zero-order chi connectivity index (χ0) is 28.2. The number of ketones is 2. The van der Waals surface area contributed by atoms with E-state index in [1.807, 2.05) is 26.8 Å². The molecule has 210 valence electrons. The molecule has 0 radical (unpaired) electrons. The SMILES string of the molecule is C/C=C(\C)[C@@H](OC(=O)CC)[C@@H](C)C1=CC(=O)C2=C(O[C@]3(C)CC[C@H]4O[C@@H](C(C)(C)O)CC[C@]4(C)[C@H]3C2)C1=O. The number of rotatable bonds is 6. The Labute approximate surface area is 226 Å². The number of ether oxygens (including phenoxy) is 3. The molecule has 0 spiro atoms. The third-order valence-corrected chi connectivity index (χ3v) is 9.70. The lowest BCUT2D eigenvalue weighted by molar-refractivity contribution is -0.245. The smallest absolute Gasteiger partial charge is 0.306 e. The van der Waals surface area contributed by atoms with Crippen LogP contribution in [-0.2, 0) is 28.6 Å². The molecule has 2 aliphatic carbocycles. The maximum absolute atomic E-state index is 13.8. The highest BCUT2D eigenvalue weighted by Gasteiger charge is 2.61. The summed E-state index contributed by atoms with van der Waals surface area (Å²) in [6.45, 7) is 15.1. The molecule has 0 bridgehead atoms. The van der Waals surface area contributed by atoms with Crippen LogP contribution in [0.5, 0.6) is 0 Å². The number of hydrogen-bond donors (Lipinski definition) is 1. The van der Waals surface area contributed by atoms with E-state index in [4.69, 9.17) is 14.2 Å². The molecule has 38 heavy (non-hydrogen) atoms. The molecule has 0 amide bonds. The second-order valence-electron chi connectivity index (χ2n) is 12.7. The largest absolute Gasteiger partial charge is 0.483 e. The van der Waals surface area contributed by atoms with Crippen molar-refractivity contribution in [2.24, 2.45) is 17.3 Å². The van der Waals surface area contributed by atoms with Gasteiger partial charge in [0.1, 0.15) is 11.7 Å². The van der Waals surface area contributed by atoms with Crippen LogP contribution in [0.2, 0.25) is 0 Å². The summed E-state index contributed by atoms with van der Waals surface area (Å²) >= 11 is 0. The van der Waals surface area contributed by atoms with Crippen LogP contribution >= 0.6 is 0 Å². The molecule has 0 unspecified atom stereocenters. The van der Waals surface area contributed by atoms with Crippen molar-refractivity contribution < 1.29 is 33.7 Å². The van der Waals surface area contributed by atoms with Crippen molar-refractivity contribution in [3.05, 3.63) is 34.6 Å². The first kappa shape index (κ1) is 28.8. The van der Waals surface area contributed by atoms with Gasteiger partial charge >= 0.3 is 5.97 Å². The van der Waals surface area contributed by atoms with Crippen molar-refractivity contribution >= 4 is 17.5 Å². The van der Waals surface area contributed by atoms with Crippen LogP contribution in [-0.4, -0.2) is 52.2 Å². The summed E-state index contributed by atoms with van der Waals surface area (Å²) in [5.74, 6) is -1.19. The van der Waals surface area contributed by atoms with Gasteiger partial charge in [-0.3, -0.25) is 14.4 Å². The Morgan fingerprint density at radius 1 is 1.26 bits per heavy atom. The lowest BCUT2D eigenvalue weighted by atomic mass is 9.53. The predicted molar refractivity (Wildman–Crippen MR) is 143 cm³/mol. The van der Waals surface area contributed by atoms with E-state index >= 15 is 0 Å². The summed E-state index contributed by atoms with van der Waals surface area (Å²) < 4.78 is 18.7. The highest BCUT2D eigenvalue weighted by atomic mass is 16.5. The fourth-order valence-corrected chi connectivity index (χ4v) is 7.09. The quantitative estimate of drug-likeness (QED) is 0.289. The van der Waals surface area contributed by atoms with E-state index in [1.54, 1.807) is 20.8 Å². The van der Waals surface area contributed by atoms with Gasteiger partial charge in [0.25, 0.3) is 0 Å². The number of allylic oxidation sites excluding steroid dienone is 4. The molecule has 4 aliphatic rings. The molecule has 0 aromatic heterocycles. The minimum absolute atomic E-state index is 0.00269. The van der Waals surface area contributed by atoms with E-state index in [9.17, 15) is 19.5 Å². The van der Waals surface area contributed by atoms with Crippen molar-refractivity contribution in [1.82, 2.24) is 0 Å². The second kappa shape index (κ2) is 10.1. The first-order valence-electron chi connectivity index (χ1n) is 14.1. The maximum atomic E-state index is 13.8. The van der Waals surface area contributed by atoms with E-state index in [0.29, 0.717) is 24.0 Å². The van der Waals surface area contributed by atoms with E-state index in [0.717, 1.165) is 24.8 Å². The van der Waals surface area contributed by atoms with Gasteiger partial charge in [-0.2, -0.15) is 0 Å².